The first-order valence-electron chi connectivity index (χ1n) is 7.44. The van der Waals surface area contributed by atoms with Crippen molar-refractivity contribution in [3.63, 3.8) is 0 Å². The Morgan fingerprint density at radius 3 is 2.84 bits per heavy atom. The van der Waals surface area contributed by atoms with E-state index in [1.54, 1.807) is 0 Å². The van der Waals surface area contributed by atoms with Crippen LogP contribution in [0.2, 0.25) is 0 Å². The van der Waals surface area contributed by atoms with E-state index in [4.69, 9.17) is 4.74 Å². The lowest BCUT2D eigenvalue weighted by Gasteiger charge is -2.31. The van der Waals surface area contributed by atoms with Crippen molar-refractivity contribution < 1.29 is 4.74 Å². The van der Waals surface area contributed by atoms with E-state index in [1.807, 2.05) is 0 Å². The molecule has 5 nitrogen and oxygen atoms in total. The second-order valence-corrected chi connectivity index (χ2v) is 5.56. The summed E-state index contributed by atoms with van der Waals surface area (Å²) < 4.78 is 5.83. The minimum Gasteiger partial charge on any atom is -0.377 e. The Hall–Kier alpha value is -0.940. The second kappa shape index (κ2) is 7.01. The van der Waals surface area contributed by atoms with Gasteiger partial charge in [-0.15, -0.1) is 0 Å². The van der Waals surface area contributed by atoms with Gasteiger partial charge in [0.2, 0.25) is 0 Å². The molecule has 1 aliphatic rings. The Morgan fingerprint density at radius 2 is 2.26 bits per heavy atom. The van der Waals surface area contributed by atoms with Crippen LogP contribution in [-0.4, -0.2) is 45.4 Å². The Balaban J connectivity index is 1.91. The number of rotatable bonds is 6. The summed E-state index contributed by atoms with van der Waals surface area (Å²) in [4.78, 5) is 6.91. The highest BCUT2D eigenvalue weighted by Gasteiger charge is 2.20. The van der Waals surface area contributed by atoms with E-state index in [0.717, 1.165) is 37.8 Å². The van der Waals surface area contributed by atoms with E-state index >= 15 is 0 Å². The quantitative estimate of drug-likeness (QED) is 0.857. The van der Waals surface area contributed by atoms with Gasteiger partial charge in [0.1, 0.15) is 11.6 Å². The molecule has 0 amide bonds. The standard InChI is InChI=1S/C14H26N4O/c1-4-13-15-14(17-16-13)10-18(11(2)3)9-12-7-5-6-8-19-12/h11-12H,4-10H2,1-3H3,(H,15,16,17). The lowest BCUT2D eigenvalue weighted by atomic mass is 10.1. The van der Waals surface area contributed by atoms with Crippen molar-refractivity contribution in [3.05, 3.63) is 11.6 Å². The first kappa shape index (κ1) is 14.5. The van der Waals surface area contributed by atoms with Gasteiger partial charge in [-0.25, -0.2) is 4.98 Å². The molecule has 1 aromatic heterocycles. The van der Waals surface area contributed by atoms with Gasteiger partial charge in [0, 0.05) is 25.6 Å². The van der Waals surface area contributed by atoms with E-state index in [1.165, 1.54) is 19.3 Å². The van der Waals surface area contributed by atoms with Gasteiger partial charge in [0.05, 0.1) is 12.6 Å². The van der Waals surface area contributed by atoms with Crippen LogP contribution in [0.4, 0.5) is 0 Å². The number of H-pyrrole nitrogens is 1. The molecular weight excluding hydrogens is 240 g/mol. The summed E-state index contributed by atoms with van der Waals surface area (Å²) in [7, 11) is 0. The number of aromatic nitrogens is 3. The van der Waals surface area contributed by atoms with Crippen molar-refractivity contribution in [2.45, 2.75) is 65.1 Å². The lowest BCUT2D eigenvalue weighted by Crippen LogP contribution is -2.39. The van der Waals surface area contributed by atoms with Crippen molar-refractivity contribution in [1.29, 1.82) is 0 Å². The van der Waals surface area contributed by atoms with E-state index in [2.05, 4.69) is 40.9 Å². The summed E-state index contributed by atoms with van der Waals surface area (Å²) in [5.41, 5.74) is 0. The third-order valence-corrected chi connectivity index (χ3v) is 3.69. The topological polar surface area (TPSA) is 54.0 Å². The zero-order chi connectivity index (χ0) is 13.7. The van der Waals surface area contributed by atoms with Crippen molar-refractivity contribution in [3.8, 4) is 0 Å². The molecule has 19 heavy (non-hydrogen) atoms. The molecule has 0 aromatic carbocycles. The Labute approximate surface area is 115 Å². The summed E-state index contributed by atoms with van der Waals surface area (Å²) in [5.74, 6) is 1.86. The van der Waals surface area contributed by atoms with Crippen LogP contribution in [0.5, 0.6) is 0 Å². The largest absolute Gasteiger partial charge is 0.377 e. The molecule has 1 N–H and O–H groups in total. The summed E-state index contributed by atoms with van der Waals surface area (Å²) in [6.07, 6.45) is 4.94. The summed E-state index contributed by atoms with van der Waals surface area (Å²) >= 11 is 0. The highest BCUT2D eigenvalue weighted by Crippen LogP contribution is 2.16. The average molecular weight is 266 g/mol. The van der Waals surface area contributed by atoms with Gasteiger partial charge in [0.15, 0.2) is 0 Å². The van der Waals surface area contributed by atoms with E-state index in [0.29, 0.717) is 12.1 Å². The van der Waals surface area contributed by atoms with E-state index in [9.17, 15) is 0 Å². The molecule has 1 saturated heterocycles. The van der Waals surface area contributed by atoms with Crippen LogP contribution in [0.3, 0.4) is 0 Å². The maximum absolute atomic E-state index is 5.83. The van der Waals surface area contributed by atoms with Crippen LogP contribution in [0.25, 0.3) is 0 Å². The monoisotopic (exact) mass is 266 g/mol. The molecule has 1 aromatic rings. The molecule has 0 saturated carbocycles. The highest BCUT2D eigenvalue weighted by atomic mass is 16.5. The normalized spacial score (nSPS) is 20.4. The number of nitrogens with one attached hydrogen (secondary N) is 1. The fourth-order valence-corrected chi connectivity index (χ4v) is 2.43. The van der Waals surface area contributed by atoms with Crippen LogP contribution in [-0.2, 0) is 17.7 Å². The molecule has 5 heteroatoms. The summed E-state index contributed by atoms with van der Waals surface area (Å²) in [5, 5.41) is 7.24. The first-order valence-corrected chi connectivity index (χ1v) is 7.44. The van der Waals surface area contributed by atoms with Crippen molar-refractivity contribution in [2.24, 2.45) is 0 Å². The number of aromatic amines is 1. The molecule has 0 radical (unpaired) electrons. The molecule has 1 atom stereocenters. The highest BCUT2D eigenvalue weighted by molar-refractivity contribution is 4.90. The third-order valence-electron chi connectivity index (χ3n) is 3.69. The average Bonchev–Trinajstić information content (AvgIpc) is 2.87. The van der Waals surface area contributed by atoms with Crippen molar-refractivity contribution in [1.82, 2.24) is 20.1 Å². The zero-order valence-corrected chi connectivity index (χ0v) is 12.4. The van der Waals surface area contributed by atoms with Crippen LogP contribution < -0.4 is 0 Å². The number of aryl methyl sites for hydroxylation is 1. The Bertz CT molecular complexity index is 371. The summed E-state index contributed by atoms with van der Waals surface area (Å²) in [6, 6.07) is 0.487. The van der Waals surface area contributed by atoms with Crippen LogP contribution in [0, 0.1) is 0 Å². The molecule has 0 aliphatic carbocycles. The fourth-order valence-electron chi connectivity index (χ4n) is 2.43. The van der Waals surface area contributed by atoms with Gasteiger partial charge in [-0.1, -0.05) is 6.92 Å². The van der Waals surface area contributed by atoms with Crippen LogP contribution >= 0.6 is 0 Å². The molecule has 1 fully saturated rings. The SMILES string of the molecule is CCc1n[nH]c(CN(CC2CCCCO2)C(C)C)n1. The maximum Gasteiger partial charge on any atom is 0.150 e. The maximum atomic E-state index is 5.83. The molecule has 0 bridgehead atoms. The van der Waals surface area contributed by atoms with Crippen molar-refractivity contribution in [2.75, 3.05) is 13.2 Å². The molecular formula is C14H26N4O. The predicted molar refractivity (Wildman–Crippen MR) is 74.9 cm³/mol. The van der Waals surface area contributed by atoms with Gasteiger partial charge >= 0.3 is 0 Å². The van der Waals surface area contributed by atoms with Gasteiger partial charge in [-0.3, -0.25) is 10.00 Å². The van der Waals surface area contributed by atoms with Gasteiger partial charge in [0.25, 0.3) is 0 Å². The van der Waals surface area contributed by atoms with Gasteiger partial charge in [-0.05, 0) is 33.1 Å². The smallest absolute Gasteiger partial charge is 0.150 e. The molecule has 1 aliphatic heterocycles. The second-order valence-electron chi connectivity index (χ2n) is 5.56. The minimum absolute atomic E-state index is 0.379. The van der Waals surface area contributed by atoms with E-state index in [-0.39, 0.29) is 0 Å². The number of ether oxygens (including phenoxy) is 1. The predicted octanol–water partition coefficient (Wildman–Crippen LogP) is 2.15. The first-order chi connectivity index (χ1) is 9.19. The Kier molecular flexibility index (Phi) is 5.34. The van der Waals surface area contributed by atoms with Crippen molar-refractivity contribution >= 4 is 0 Å². The Morgan fingerprint density at radius 1 is 1.42 bits per heavy atom. The molecule has 2 heterocycles. The number of nitrogens with zero attached hydrogens (tertiary/aromatic N) is 3. The van der Waals surface area contributed by atoms with E-state index < -0.39 is 0 Å². The molecule has 108 valence electrons. The minimum atomic E-state index is 0.379. The number of hydrogen-bond donors (Lipinski definition) is 1. The van der Waals surface area contributed by atoms with Gasteiger partial charge < -0.3 is 4.74 Å². The third kappa shape index (κ3) is 4.28. The fraction of sp³-hybridized carbons (Fsp3) is 0.857. The molecule has 1 unspecified atom stereocenters. The molecule has 2 rings (SSSR count). The van der Waals surface area contributed by atoms with Crippen LogP contribution in [0.1, 0.15) is 51.7 Å². The molecule has 0 spiro atoms. The number of hydrogen-bond acceptors (Lipinski definition) is 4. The van der Waals surface area contributed by atoms with Gasteiger partial charge in [-0.2, -0.15) is 5.10 Å². The summed E-state index contributed by atoms with van der Waals surface area (Å²) in [6.45, 7) is 9.24. The van der Waals surface area contributed by atoms with Crippen LogP contribution in [0.15, 0.2) is 0 Å². The zero-order valence-electron chi connectivity index (χ0n) is 12.4. The lowest BCUT2D eigenvalue weighted by molar-refractivity contribution is -0.0134.